The highest BCUT2D eigenvalue weighted by Gasteiger charge is 2.37. The molecule has 0 aromatic heterocycles. The number of ether oxygens (including phenoxy) is 1. The highest BCUT2D eigenvalue weighted by molar-refractivity contribution is 6.40. The second-order valence-corrected chi connectivity index (χ2v) is 6.64. The topological polar surface area (TPSA) is 9.23 Å². The molecule has 0 unspecified atom stereocenters. The smallest absolute Gasteiger partial charge is 0.168 e. The molecule has 0 amide bonds. The van der Waals surface area contributed by atoms with Gasteiger partial charge in [-0.1, -0.05) is 26.0 Å². The Morgan fingerprint density at radius 1 is 1.20 bits per heavy atom. The van der Waals surface area contributed by atoms with Gasteiger partial charge < -0.3 is 4.74 Å². The fraction of sp³-hybridized carbons (Fsp3) is 0.600. The average Bonchev–Trinajstić information content (AvgIpc) is 3.09. The monoisotopic (exact) mass is 274 g/mol. The molecule has 0 bridgehead atoms. The Balaban J connectivity index is 2.43. The molecular weight excluding hydrogens is 256 g/mol. The molecule has 0 heterocycles. The minimum Gasteiger partial charge on any atom is -0.490 e. The van der Waals surface area contributed by atoms with Crippen LogP contribution in [0, 0.1) is 23.0 Å². The van der Waals surface area contributed by atoms with Crippen molar-refractivity contribution in [3.63, 3.8) is 0 Å². The van der Waals surface area contributed by atoms with E-state index in [1.54, 1.807) is 0 Å². The van der Waals surface area contributed by atoms with Crippen LogP contribution in [0.5, 0.6) is 5.75 Å². The van der Waals surface area contributed by atoms with Crippen molar-refractivity contribution in [2.24, 2.45) is 11.3 Å². The standard InChI is InChI=1S/C15H18B2F2O/c1-14(2,3)15(16,17)11-6-10(18)7-12(19)13(11)20-8-9-4-5-9/h6-7,9H,4-5,8H2,1-3H3. The lowest BCUT2D eigenvalue weighted by atomic mass is 9.41. The van der Waals surface area contributed by atoms with Gasteiger partial charge in [0.15, 0.2) is 11.6 Å². The average molecular weight is 274 g/mol. The van der Waals surface area contributed by atoms with Crippen LogP contribution in [-0.4, -0.2) is 22.3 Å². The molecule has 0 atom stereocenters. The van der Waals surface area contributed by atoms with Gasteiger partial charge in [0.1, 0.15) is 5.82 Å². The van der Waals surface area contributed by atoms with E-state index >= 15 is 0 Å². The number of hydrogen-bond acceptors (Lipinski definition) is 1. The molecule has 0 spiro atoms. The lowest BCUT2D eigenvalue weighted by Gasteiger charge is -2.41. The predicted molar refractivity (Wildman–Crippen MR) is 77.2 cm³/mol. The van der Waals surface area contributed by atoms with Gasteiger partial charge in [-0.2, -0.15) is 0 Å². The minimum absolute atomic E-state index is 0.0294. The first-order valence-electron chi connectivity index (χ1n) is 6.83. The summed E-state index contributed by atoms with van der Waals surface area (Å²) in [6, 6.07) is 1.96. The van der Waals surface area contributed by atoms with Crippen LogP contribution in [0.4, 0.5) is 8.78 Å². The van der Waals surface area contributed by atoms with Crippen LogP contribution in [0.2, 0.25) is 0 Å². The Bertz CT molecular complexity index is 505. The number of hydrogen-bond donors (Lipinski definition) is 0. The molecular formula is C15H18B2F2O. The van der Waals surface area contributed by atoms with Gasteiger partial charge in [0.2, 0.25) is 0 Å². The number of halogens is 2. The van der Waals surface area contributed by atoms with Gasteiger partial charge in [-0.3, -0.25) is 0 Å². The quantitative estimate of drug-likeness (QED) is 0.765. The summed E-state index contributed by atoms with van der Waals surface area (Å²) in [6.07, 6.45) is 2.15. The molecule has 1 aliphatic rings. The van der Waals surface area contributed by atoms with Crippen molar-refractivity contribution in [2.45, 2.75) is 38.8 Å². The summed E-state index contributed by atoms with van der Waals surface area (Å²) in [7, 11) is 12.3. The first kappa shape index (κ1) is 15.4. The van der Waals surface area contributed by atoms with Crippen molar-refractivity contribution in [1.29, 1.82) is 0 Å². The van der Waals surface area contributed by atoms with E-state index in [1.165, 1.54) is 0 Å². The summed E-state index contributed by atoms with van der Waals surface area (Å²) in [5.41, 5.74) is -0.409. The first-order chi connectivity index (χ1) is 9.13. The predicted octanol–water partition coefficient (Wildman–Crippen LogP) is 3.29. The molecule has 0 aliphatic heterocycles. The molecule has 2 rings (SSSR count). The molecule has 1 aromatic carbocycles. The first-order valence-corrected chi connectivity index (χ1v) is 6.83. The molecule has 1 aromatic rings. The Morgan fingerprint density at radius 2 is 1.80 bits per heavy atom. The molecule has 0 N–H and O–H groups in total. The summed E-state index contributed by atoms with van der Waals surface area (Å²) < 4.78 is 33.1. The van der Waals surface area contributed by atoms with E-state index in [9.17, 15) is 8.78 Å². The van der Waals surface area contributed by atoms with Gasteiger partial charge in [0, 0.05) is 6.07 Å². The van der Waals surface area contributed by atoms with Gasteiger partial charge >= 0.3 is 0 Å². The Kier molecular flexibility index (Phi) is 3.92. The van der Waals surface area contributed by atoms with Crippen molar-refractivity contribution in [3.8, 4) is 5.75 Å². The van der Waals surface area contributed by atoms with E-state index in [1.807, 2.05) is 20.8 Å². The molecule has 1 fully saturated rings. The highest BCUT2D eigenvalue weighted by atomic mass is 19.1. The maximum Gasteiger partial charge on any atom is 0.168 e. The lowest BCUT2D eigenvalue weighted by Crippen LogP contribution is -2.41. The lowest BCUT2D eigenvalue weighted by molar-refractivity contribution is 0.270. The van der Waals surface area contributed by atoms with E-state index in [0.29, 0.717) is 12.5 Å². The molecule has 4 radical (unpaired) electrons. The van der Waals surface area contributed by atoms with Crippen LogP contribution in [0.1, 0.15) is 39.2 Å². The van der Waals surface area contributed by atoms with E-state index in [-0.39, 0.29) is 11.3 Å². The second kappa shape index (κ2) is 5.09. The molecule has 1 aliphatic carbocycles. The van der Waals surface area contributed by atoms with Gasteiger partial charge in [0.05, 0.1) is 22.3 Å². The number of benzene rings is 1. The van der Waals surface area contributed by atoms with Crippen LogP contribution >= 0.6 is 0 Å². The summed E-state index contributed by atoms with van der Waals surface area (Å²) in [5, 5.41) is -1.39. The van der Waals surface area contributed by atoms with Gasteiger partial charge in [-0.25, -0.2) is 8.78 Å². The van der Waals surface area contributed by atoms with Crippen LogP contribution in [-0.2, 0) is 5.21 Å². The summed E-state index contributed by atoms with van der Waals surface area (Å²) in [6.45, 7) is 5.87. The van der Waals surface area contributed by atoms with E-state index < -0.39 is 22.3 Å². The largest absolute Gasteiger partial charge is 0.490 e. The van der Waals surface area contributed by atoms with Crippen molar-refractivity contribution in [3.05, 3.63) is 29.3 Å². The zero-order chi connectivity index (χ0) is 15.1. The van der Waals surface area contributed by atoms with E-state index in [2.05, 4.69) is 0 Å². The van der Waals surface area contributed by atoms with Gasteiger partial charge in [0.25, 0.3) is 0 Å². The maximum atomic E-state index is 14.0. The van der Waals surface area contributed by atoms with E-state index in [0.717, 1.165) is 25.0 Å². The Labute approximate surface area is 121 Å². The molecule has 20 heavy (non-hydrogen) atoms. The van der Waals surface area contributed by atoms with Crippen molar-refractivity contribution in [1.82, 2.24) is 0 Å². The van der Waals surface area contributed by atoms with Crippen molar-refractivity contribution in [2.75, 3.05) is 6.61 Å². The minimum atomic E-state index is -1.39. The molecule has 1 nitrogen and oxygen atoms in total. The third-order valence-corrected chi connectivity index (χ3v) is 3.86. The van der Waals surface area contributed by atoms with Crippen LogP contribution in [0.3, 0.4) is 0 Å². The Morgan fingerprint density at radius 3 is 2.30 bits per heavy atom. The van der Waals surface area contributed by atoms with Crippen molar-refractivity contribution >= 4 is 15.7 Å². The zero-order valence-electron chi connectivity index (χ0n) is 12.2. The van der Waals surface area contributed by atoms with Gasteiger partial charge in [-0.15, -0.1) is 0 Å². The molecule has 104 valence electrons. The third-order valence-electron chi connectivity index (χ3n) is 3.86. The fourth-order valence-corrected chi connectivity index (χ4v) is 1.90. The zero-order valence-corrected chi connectivity index (χ0v) is 12.2. The van der Waals surface area contributed by atoms with Crippen LogP contribution in [0.25, 0.3) is 0 Å². The number of rotatable bonds is 4. The molecule has 1 saturated carbocycles. The summed E-state index contributed by atoms with van der Waals surface area (Å²) in [5.74, 6) is -1.05. The normalized spacial score (nSPS) is 16.2. The van der Waals surface area contributed by atoms with Gasteiger partial charge in [-0.05, 0) is 35.8 Å². The van der Waals surface area contributed by atoms with Crippen LogP contribution < -0.4 is 4.74 Å². The summed E-state index contributed by atoms with van der Waals surface area (Å²) >= 11 is 0. The highest BCUT2D eigenvalue weighted by Crippen LogP contribution is 2.42. The summed E-state index contributed by atoms with van der Waals surface area (Å²) in [4.78, 5) is 0. The molecule has 5 heteroatoms. The molecule has 0 saturated heterocycles. The maximum absolute atomic E-state index is 14.0. The second-order valence-electron chi connectivity index (χ2n) is 6.64. The third kappa shape index (κ3) is 3.02. The van der Waals surface area contributed by atoms with Crippen LogP contribution in [0.15, 0.2) is 12.1 Å². The fourth-order valence-electron chi connectivity index (χ4n) is 1.90. The SMILES string of the molecule is [B]C([B])(c1cc(F)cc(F)c1OCC1CC1)C(C)(C)C. The van der Waals surface area contributed by atoms with Crippen molar-refractivity contribution < 1.29 is 13.5 Å². The Hall–Kier alpha value is -0.990. The van der Waals surface area contributed by atoms with E-state index in [4.69, 9.17) is 20.4 Å².